The lowest BCUT2D eigenvalue weighted by Crippen LogP contribution is -2.28. The Morgan fingerprint density at radius 1 is 1.29 bits per heavy atom. The quantitative estimate of drug-likeness (QED) is 0.537. The number of nitrogens with zero attached hydrogens (tertiary/aromatic N) is 3. The van der Waals surface area contributed by atoms with Gasteiger partial charge in [-0.15, -0.1) is 11.6 Å². The third kappa shape index (κ3) is 2.30. The first-order valence-corrected chi connectivity index (χ1v) is 9.22. The Hall–Kier alpha value is -0.330. The van der Waals surface area contributed by atoms with Crippen LogP contribution < -0.4 is 0 Å². The summed E-state index contributed by atoms with van der Waals surface area (Å²) in [5, 5.41) is -0.0504. The monoisotopic (exact) mass is 415 g/mol. The van der Waals surface area contributed by atoms with Crippen LogP contribution in [-0.4, -0.2) is 33.6 Å². The van der Waals surface area contributed by atoms with Crippen LogP contribution in [0, 0.1) is 3.57 Å². The minimum absolute atomic E-state index is 0.0504. The smallest absolute Gasteiger partial charge is 0.128 e. The molecule has 3 atom stereocenters. The van der Waals surface area contributed by atoms with E-state index in [9.17, 15) is 0 Å². The molecule has 2 fully saturated rings. The third-order valence-electron chi connectivity index (χ3n) is 4.94. The topological polar surface area (TPSA) is 21.1 Å². The normalized spacial score (nSPS) is 27.4. The van der Waals surface area contributed by atoms with Gasteiger partial charge in [0, 0.05) is 16.2 Å². The molecular weight excluding hydrogens is 397 g/mol. The molecule has 4 rings (SSSR count). The fourth-order valence-electron chi connectivity index (χ4n) is 4.08. The molecule has 2 aliphatic heterocycles. The number of fused-ring (bicyclic) bond motifs is 2. The molecular formula is C16H19ClIN3. The van der Waals surface area contributed by atoms with E-state index >= 15 is 0 Å². The highest BCUT2D eigenvalue weighted by molar-refractivity contribution is 14.1. The minimum Gasteiger partial charge on any atom is -0.322 e. The molecule has 0 aliphatic carbocycles. The van der Waals surface area contributed by atoms with Crippen LogP contribution in [0.1, 0.15) is 43.4 Å². The molecule has 1 aromatic heterocycles. The predicted octanol–water partition coefficient (Wildman–Crippen LogP) is 4.35. The van der Waals surface area contributed by atoms with Crippen molar-refractivity contribution in [1.29, 1.82) is 0 Å². The molecule has 0 radical (unpaired) electrons. The largest absolute Gasteiger partial charge is 0.322 e. The first kappa shape index (κ1) is 14.3. The van der Waals surface area contributed by atoms with Gasteiger partial charge >= 0.3 is 0 Å². The van der Waals surface area contributed by atoms with Crippen LogP contribution in [0.2, 0.25) is 0 Å². The van der Waals surface area contributed by atoms with Crippen molar-refractivity contribution >= 4 is 45.2 Å². The number of benzene rings is 1. The van der Waals surface area contributed by atoms with Gasteiger partial charge in [-0.2, -0.15) is 0 Å². The Morgan fingerprint density at radius 2 is 2.14 bits per heavy atom. The van der Waals surface area contributed by atoms with E-state index in [4.69, 9.17) is 16.6 Å². The highest BCUT2D eigenvalue weighted by Gasteiger charge is 2.39. The van der Waals surface area contributed by atoms with Crippen molar-refractivity contribution in [2.45, 2.75) is 43.6 Å². The maximum atomic E-state index is 6.44. The summed E-state index contributed by atoms with van der Waals surface area (Å²) in [6.07, 6.45) is 3.86. The third-order valence-corrected chi connectivity index (χ3v) is 5.80. The summed E-state index contributed by atoms with van der Waals surface area (Å²) in [5.41, 5.74) is 2.33. The average molecular weight is 416 g/mol. The zero-order valence-electron chi connectivity index (χ0n) is 12.1. The van der Waals surface area contributed by atoms with Crippen LogP contribution in [0.5, 0.6) is 0 Å². The van der Waals surface area contributed by atoms with Gasteiger partial charge in [-0.3, -0.25) is 4.90 Å². The van der Waals surface area contributed by atoms with Gasteiger partial charge < -0.3 is 4.57 Å². The van der Waals surface area contributed by atoms with Crippen molar-refractivity contribution < 1.29 is 0 Å². The van der Waals surface area contributed by atoms with Crippen molar-refractivity contribution in [2.24, 2.45) is 0 Å². The summed E-state index contributed by atoms with van der Waals surface area (Å²) >= 11 is 8.79. The van der Waals surface area contributed by atoms with E-state index in [1.54, 1.807) is 0 Å². The standard InChI is InChI=1S/C16H19ClIN3/c1-10(17)16-19-12-9-11(18)4-5-13(12)21(16)15-6-8-20-7-2-3-14(15)20/h4-5,9-10,14-15H,2-3,6-8H2,1H3. The molecule has 1 aromatic carbocycles. The molecule has 2 saturated heterocycles. The first-order valence-electron chi connectivity index (χ1n) is 7.70. The molecule has 2 aromatic rings. The Morgan fingerprint density at radius 3 is 2.95 bits per heavy atom. The second-order valence-corrected chi connectivity index (χ2v) is 8.09. The van der Waals surface area contributed by atoms with Gasteiger partial charge in [-0.05, 0) is 73.5 Å². The number of hydrogen-bond donors (Lipinski definition) is 0. The molecule has 0 saturated carbocycles. The molecule has 21 heavy (non-hydrogen) atoms. The zero-order chi connectivity index (χ0) is 14.6. The lowest BCUT2D eigenvalue weighted by Gasteiger charge is -2.24. The van der Waals surface area contributed by atoms with Gasteiger partial charge in [0.1, 0.15) is 5.82 Å². The summed E-state index contributed by atoms with van der Waals surface area (Å²) < 4.78 is 3.67. The second-order valence-electron chi connectivity index (χ2n) is 6.19. The Balaban J connectivity index is 1.88. The van der Waals surface area contributed by atoms with Crippen molar-refractivity contribution in [3.05, 3.63) is 27.6 Å². The molecule has 5 heteroatoms. The molecule has 3 nitrogen and oxygen atoms in total. The fraction of sp³-hybridized carbons (Fsp3) is 0.562. The van der Waals surface area contributed by atoms with Crippen molar-refractivity contribution in [3.63, 3.8) is 0 Å². The van der Waals surface area contributed by atoms with Crippen LogP contribution in [0.3, 0.4) is 0 Å². The molecule has 2 aliphatic rings. The summed E-state index contributed by atoms with van der Waals surface area (Å²) in [6.45, 7) is 4.51. The van der Waals surface area contributed by atoms with Crippen LogP contribution in [0.15, 0.2) is 18.2 Å². The highest BCUT2D eigenvalue weighted by Crippen LogP contribution is 2.40. The lowest BCUT2D eigenvalue weighted by atomic mass is 10.1. The van der Waals surface area contributed by atoms with E-state index in [1.165, 1.54) is 41.4 Å². The van der Waals surface area contributed by atoms with E-state index in [1.807, 2.05) is 6.92 Å². The average Bonchev–Trinajstić information content (AvgIpc) is 3.10. The summed E-state index contributed by atoms with van der Waals surface area (Å²) in [5.74, 6) is 1.03. The van der Waals surface area contributed by atoms with Crippen LogP contribution in [0.25, 0.3) is 11.0 Å². The maximum absolute atomic E-state index is 6.44. The number of halogens is 2. The number of imidazole rings is 1. The van der Waals surface area contributed by atoms with Gasteiger partial charge in [-0.25, -0.2) is 4.98 Å². The van der Waals surface area contributed by atoms with Gasteiger partial charge in [-0.1, -0.05) is 0 Å². The van der Waals surface area contributed by atoms with Gasteiger partial charge in [0.2, 0.25) is 0 Å². The number of alkyl halides is 1. The lowest BCUT2D eigenvalue weighted by molar-refractivity contribution is 0.290. The molecule has 0 bridgehead atoms. The molecule has 0 amide bonds. The number of hydrogen-bond acceptors (Lipinski definition) is 2. The van der Waals surface area contributed by atoms with Gasteiger partial charge in [0.05, 0.1) is 22.5 Å². The van der Waals surface area contributed by atoms with Crippen molar-refractivity contribution in [1.82, 2.24) is 14.5 Å². The van der Waals surface area contributed by atoms with E-state index in [0.29, 0.717) is 12.1 Å². The molecule has 0 spiro atoms. The Labute approximate surface area is 143 Å². The van der Waals surface area contributed by atoms with Crippen LogP contribution >= 0.6 is 34.2 Å². The minimum atomic E-state index is -0.0504. The SMILES string of the molecule is CC(Cl)c1nc2cc(I)ccc2n1C1CCN2CCCC12. The van der Waals surface area contributed by atoms with Gasteiger partial charge in [0.25, 0.3) is 0 Å². The van der Waals surface area contributed by atoms with E-state index in [-0.39, 0.29) is 5.38 Å². The summed E-state index contributed by atoms with van der Waals surface area (Å²) in [4.78, 5) is 7.48. The van der Waals surface area contributed by atoms with Crippen molar-refractivity contribution in [2.75, 3.05) is 13.1 Å². The molecule has 0 N–H and O–H groups in total. The Bertz CT molecular complexity index is 681. The number of rotatable bonds is 2. The van der Waals surface area contributed by atoms with E-state index < -0.39 is 0 Å². The highest BCUT2D eigenvalue weighted by atomic mass is 127. The molecule has 3 heterocycles. The summed E-state index contributed by atoms with van der Waals surface area (Å²) in [6, 6.07) is 7.76. The second kappa shape index (κ2) is 5.39. The van der Waals surface area contributed by atoms with E-state index in [0.717, 1.165) is 11.3 Å². The van der Waals surface area contributed by atoms with Gasteiger partial charge in [0.15, 0.2) is 0 Å². The van der Waals surface area contributed by atoms with Crippen LogP contribution in [-0.2, 0) is 0 Å². The maximum Gasteiger partial charge on any atom is 0.128 e. The van der Waals surface area contributed by atoms with Crippen molar-refractivity contribution in [3.8, 4) is 0 Å². The van der Waals surface area contributed by atoms with Crippen LogP contribution in [0.4, 0.5) is 0 Å². The number of aromatic nitrogens is 2. The fourth-order valence-corrected chi connectivity index (χ4v) is 4.71. The predicted molar refractivity (Wildman–Crippen MR) is 95.0 cm³/mol. The zero-order valence-corrected chi connectivity index (χ0v) is 15.0. The molecule has 3 unspecified atom stereocenters. The summed E-state index contributed by atoms with van der Waals surface area (Å²) in [7, 11) is 0. The Kier molecular flexibility index (Phi) is 3.66. The van der Waals surface area contributed by atoms with E-state index in [2.05, 4.69) is 50.3 Å². The molecule has 112 valence electrons. The first-order chi connectivity index (χ1) is 10.1.